The molecule has 0 saturated carbocycles. The fourth-order valence-corrected chi connectivity index (χ4v) is 3.01. The van der Waals surface area contributed by atoms with E-state index in [-0.39, 0.29) is 11.7 Å². The molecular weight excluding hydrogens is 348 g/mol. The van der Waals surface area contributed by atoms with E-state index >= 15 is 0 Å². The molecule has 0 bridgehead atoms. The quantitative estimate of drug-likeness (QED) is 0.546. The normalized spacial score (nSPS) is 10.6. The molecule has 8 heteroatoms. The molecule has 0 aliphatic carbocycles. The molecule has 2 aromatic rings. The molecule has 1 N–H and O–H groups in total. The minimum Gasteiger partial charge on any atom is -0.377 e. The minimum atomic E-state index is -0.0820. The second-order valence-electron chi connectivity index (χ2n) is 4.93. The zero-order chi connectivity index (χ0) is 17.4. The molecule has 0 aliphatic rings. The van der Waals surface area contributed by atoms with E-state index in [1.54, 1.807) is 19.3 Å². The van der Waals surface area contributed by atoms with E-state index in [0.717, 1.165) is 5.56 Å². The molecule has 0 saturated heterocycles. The lowest BCUT2D eigenvalue weighted by atomic mass is 10.2. The monoisotopic (exact) mass is 366 g/mol. The van der Waals surface area contributed by atoms with E-state index < -0.39 is 0 Å². The number of nitrogens with one attached hydrogen (secondary N) is 1. The third-order valence-electron chi connectivity index (χ3n) is 3.09. The average Bonchev–Trinajstić information content (AvgIpc) is 2.94. The Balaban J connectivity index is 1.88. The van der Waals surface area contributed by atoms with Crippen molar-refractivity contribution in [2.24, 2.45) is 0 Å². The van der Waals surface area contributed by atoms with Crippen LogP contribution in [0.5, 0.6) is 0 Å². The second kappa shape index (κ2) is 9.46. The van der Waals surface area contributed by atoms with E-state index in [1.165, 1.54) is 11.8 Å². The van der Waals surface area contributed by atoms with Gasteiger partial charge in [0.2, 0.25) is 5.91 Å². The molecule has 1 aromatic heterocycles. The van der Waals surface area contributed by atoms with Crippen LogP contribution in [0, 0.1) is 0 Å². The van der Waals surface area contributed by atoms with Crippen LogP contribution in [0.15, 0.2) is 42.1 Å². The second-order valence-corrected chi connectivity index (χ2v) is 6.31. The van der Waals surface area contributed by atoms with Crippen molar-refractivity contribution in [3.05, 3.63) is 53.3 Å². The van der Waals surface area contributed by atoms with Gasteiger partial charge in [-0.05, 0) is 17.7 Å². The SMILES string of the molecule is C=CCn1c(COC)nnc1SCC(=O)NCc1cccc(Cl)c1. The highest BCUT2D eigenvalue weighted by molar-refractivity contribution is 7.99. The van der Waals surface area contributed by atoms with E-state index in [1.807, 2.05) is 22.8 Å². The molecular formula is C16H19ClN4O2S. The van der Waals surface area contributed by atoms with Crippen molar-refractivity contribution in [1.82, 2.24) is 20.1 Å². The lowest BCUT2D eigenvalue weighted by Crippen LogP contribution is -2.24. The summed E-state index contributed by atoms with van der Waals surface area (Å²) in [4.78, 5) is 12.0. The highest BCUT2D eigenvalue weighted by atomic mass is 35.5. The summed E-state index contributed by atoms with van der Waals surface area (Å²) in [7, 11) is 1.60. The fraction of sp³-hybridized carbons (Fsp3) is 0.312. The summed E-state index contributed by atoms with van der Waals surface area (Å²) in [5.74, 6) is 0.878. The Morgan fingerprint density at radius 1 is 1.50 bits per heavy atom. The minimum absolute atomic E-state index is 0.0820. The predicted molar refractivity (Wildman–Crippen MR) is 95.0 cm³/mol. The van der Waals surface area contributed by atoms with Gasteiger partial charge in [0.15, 0.2) is 11.0 Å². The van der Waals surface area contributed by atoms with Crippen molar-refractivity contribution in [3.8, 4) is 0 Å². The molecule has 2 rings (SSSR count). The number of thioether (sulfide) groups is 1. The Morgan fingerprint density at radius 2 is 2.33 bits per heavy atom. The van der Waals surface area contributed by atoms with Gasteiger partial charge in [-0.3, -0.25) is 4.79 Å². The highest BCUT2D eigenvalue weighted by Gasteiger charge is 2.13. The van der Waals surface area contributed by atoms with E-state index in [4.69, 9.17) is 16.3 Å². The van der Waals surface area contributed by atoms with Crippen molar-refractivity contribution in [2.45, 2.75) is 24.9 Å². The summed E-state index contributed by atoms with van der Waals surface area (Å²) in [5.41, 5.74) is 0.957. The standard InChI is InChI=1S/C16H19ClN4O2S/c1-3-7-21-14(10-23-2)19-20-16(21)24-11-15(22)18-9-12-5-4-6-13(17)8-12/h3-6,8H,1,7,9-11H2,2H3,(H,18,22). The van der Waals surface area contributed by atoms with Crippen LogP contribution in [0.1, 0.15) is 11.4 Å². The first kappa shape index (κ1) is 18.5. The molecule has 1 heterocycles. The van der Waals surface area contributed by atoms with Crippen LogP contribution in [-0.2, 0) is 29.2 Å². The summed E-state index contributed by atoms with van der Waals surface area (Å²) in [6.07, 6.45) is 1.76. The number of benzene rings is 1. The number of carbonyl (C=O) groups excluding carboxylic acids is 1. The average molecular weight is 367 g/mol. The topological polar surface area (TPSA) is 69.0 Å². The van der Waals surface area contributed by atoms with Crippen LogP contribution in [-0.4, -0.2) is 33.5 Å². The van der Waals surface area contributed by atoms with Crippen molar-refractivity contribution < 1.29 is 9.53 Å². The number of carbonyl (C=O) groups is 1. The van der Waals surface area contributed by atoms with E-state index in [9.17, 15) is 4.79 Å². The number of hydrogen-bond acceptors (Lipinski definition) is 5. The van der Waals surface area contributed by atoms with Gasteiger partial charge >= 0.3 is 0 Å². The predicted octanol–water partition coefficient (Wildman–Crippen LogP) is 2.67. The largest absolute Gasteiger partial charge is 0.377 e. The van der Waals surface area contributed by atoms with E-state index in [2.05, 4.69) is 22.1 Å². The van der Waals surface area contributed by atoms with Gasteiger partial charge in [-0.25, -0.2) is 0 Å². The Bertz CT molecular complexity index is 705. The number of ether oxygens (including phenoxy) is 1. The Labute approximate surface area is 150 Å². The summed E-state index contributed by atoms with van der Waals surface area (Å²) in [6, 6.07) is 7.39. The van der Waals surface area contributed by atoms with Crippen LogP contribution in [0.25, 0.3) is 0 Å². The van der Waals surface area contributed by atoms with Gasteiger partial charge in [0, 0.05) is 25.2 Å². The highest BCUT2D eigenvalue weighted by Crippen LogP contribution is 2.17. The maximum Gasteiger partial charge on any atom is 0.230 e. The van der Waals surface area contributed by atoms with Crippen molar-refractivity contribution in [2.75, 3.05) is 12.9 Å². The maximum atomic E-state index is 12.0. The molecule has 0 radical (unpaired) electrons. The third kappa shape index (κ3) is 5.36. The van der Waals surface area contributed by atoms with Crippen LogP contribution >= 0.6 is 23.4 Å². The van der Waals surface area contributed by atoms with Crippen LogP contribution in [0.4, 0.5) is 0 Å². The number of allylic oxidation sites excluding steroid dienone is 1. The molecule has 0 aliphatic heterocycles. The number of rotatable bonds is 9. The number of nitrogens with zero attached hydrogens (tertiary/aromatic N) is 3. The van der Waals surface area contributed by atoms with Gasteiger partial charge < -0.3 is 14.6 Å². The molecule has 0 fully saturated rings. The van der Waals surface area contributed by atoms with Crippen molar-refractivity contribution in [3.63, 3.8) is 0 Å². The van der Waals surface area contributed by atoms with Crippen LogP contribution in [0.3, 0.4) is 0 Å². The van der Waals surface area contributed by atoms with Crippen molar-refractivity contribution in [1.29, 1.82) is 0 Å². The smallest absolute Gasteiger partial charge is 0.230 e. The molecule has 6 nitrogen and oxygen atoms in total. The fourth-order valence-electron chi connectivity index (χ4n) is 2.00. The summed E-state index contributed by atoms with van der Waals surface area (Å²) in [5, 5.41) is 12.4. The maximum absolute atomic E-state index is 12.0. The Hall–Kier alpha value is -1.83. The molecule has 128 valence electrons. The molecule has 0 unspecified atom stereocenters. The summed E-state index contributed by atoms with van der Waals surface area (Å²) < 4.78 is 6.97. The number of halogens is 1. The summed E-state index contributed by atoms with van der Waals surface area (Å²) >= 11 is 7.25. The van der Waals surface area contributed by atoms with Gasteiger partial charge in [-0.15, -0.1) is 16.8 Å². The molecule has 0 atom stereocenters. The first-order chi connectivity index (χ1) is 11.6. The zero-order valence-electron chi connectivity index (χ0n) is 13.4. The first-order valence-electron chi connectivity index (χ1n) is 7.30. The number of amides is 1. The number of methoxy groups -OCH3 is 1. The lowest BCUT2D eigenvalue weighted by molar-refractivity contribution is -0.118. The van der Waals surface area contributed by atoms with Gasteiger partial charge in [0.05, 0.1) is 5.75 Å². The molecule has 1 aromatic carbocycles. The molecule has 0 spiro atoms. The van der Waals surface area contributed by atoms with Gasteiger partial charge in [-0.1, -0.05) is 41.6 Å². The lowest BCUT2D eigenvalue weighted by Gasteiger charge is -2.08. The van der Waals surface area contributed by atoms with Crippen LogP contribution in [0.2, 0.25) is 5.02 Å². The van der Waals surface area contributed by atoms with Crippen LogP contribution < -0.4 is 5.32 Å². The molecule has 24 heavy (non-hydrogen) atoms. The summed E-state index contributed by atoms with van der Waals surface area (Å²) in [6.45, 7) is 5.10. The Morgan fingerprint density at radius 3 is 3.04 bits per heavy atom. The van der Waals surface area contributed by atoms with E-state index in [0.29, 0.717) is 35.7 Å². The third-order valence-corrected chi connectivity index (χ3v) is 4.29. The molecule has 1 amide bonds. The number of hydrogen-bond donors (Lipinski definition) is 1. The number of aromatic nitrogens is 3. The van der Waals surface area contributed by atoms with Gasteiger partial charge in [0.25, 0.3) is 0 Å². The first-order valence-corrected chi connectivity index (χ1v) is 8.66. The van der Waals surface area contributed by atoms with Gasteiger partial charge in [-0.2, -0.15) is 0 Å². The zero-order valence-corrected chi connectivity index (χ0v) is 14.9. The van der Waals surface area contributed by atoms with Crippen molar-refractivity contribution >= 4 is 29.3 Å². The van der Waals surface area contributed by atoms with Gasteiger partial charge in [0.1, 0.15) is 6.61 Å². The Kier molecular flexibility index (Phi) is 7.30.